The van der Waals surface area contributed by atoms with Gasteiger partial charge in [0.2, 0.25) is 6.17 Å². The number of rotatable bonds is 6. The summed E-state index contributed by atoms with van der Waals surface area (Å²) in [7, 11) is 0. The minimum absolute atomic E-state index is 0.955. The van der Waals surface area contributed by atoms with Crippen molar-refractivity contribution in [1.29, 1.82) is 0 Å². The molecule has 0 atom stereocenters. The quantitative estimate of drug-likeness (QED) is 0.508. The van der Waals surface area contributed by atoms with Crippen molar-refractivity contribution in [1.82, 2.24) is 0 Å². The third-order valence-electron chi connectivity index (χ3n) is 9.14. The van der Waals surface area contributed by atoms with Crippen LogP contribution in [0, 0.1) is 0 Å². The van der Waals surface area contributed by atoms with Gasteiger partial charge in [0.25, 0.3) is 0 Å². The third-order valence-corrected chi connectivity index (χ3v) is 9.14. The Morgan fingerprint density at radius 3 is 1.31 bits per heavy atom. The molecule has 0 N–H and O–H groups in total. The van der Waals surface area contributed by atoms with Gasteiger partial charge in [-0.3, -0.25) is 8.97 Å². The second-order valence-electron chi connectivity index (χ2n) is 10.4. The van der Waals surface area contributed by atoms with E-state index in [9.17, 15) is 0 Å². The first kappa shape index (κ1) is 19.2. The van der Waals surface area contributed by atoms with Crippen molar-refractivity contribution in [2.45, 2.75) is 128 Å². The monoisotopic (exact) mass is 362 g/mol. The zero-order valence-electron chi connectivity index (χ0n) is 17.8. The third kappa shape index (κ3) is 3.39. The minimum atomic E-state index is 0.955. The largest absolute Gasteiger partial charge is 0.272 e. The van der Waals surface area contributed by atoms with Crippen molar-refractivity contribution in [3.63, 3.8) is 0 Å². The molecule has 0 aromatic rings. The van der Waals surface area contributed by atoms with Crippen molar-refractivity contribution in [3.05, 3.63) is 0 Å². The first-order valence-corrected chi connectivity index (χ1v) is 12.5. The van der Waals surface area contributed by atoms with Crippen molar-refractivity contribution in [3.8, 4) is 0 Å². The van der Waals surface area contributed by atoms with Crippen LogP contribution in [0.2, 0.25) is 0 Å². The van der Waals surface area contributed by atoms with Crippen LogP contribution in [0.15, 0.2) is 0 Å². The maximum Gasteiger partial charge on any atom is 0.217 e. The summed E-state index contributed by atoms with van der Waals surface area (Å²) in [6.07, 6.45) is 25.2. The van der Waals surface area contributed by atoms with E-state index < -0.39 is 0 Å². The molecule has 26 heavy (non-hydrogen) atoms. The van der Waals surface area contributed by atoms with Gasteiger partial charge >= 0.3 is 0 Å². The Morgan fingerprint density at radius 2 is 0.962 bits per heavy atom. The summed E-state index contributed by atoms with van der Waals surface area (Å²) in [5.41, 5.74) is 0. The standard InChI is InChI=1S/C24H46N2/c1-2-13-24(25(18-9-10-19-25)22-14-5-3-6-15-22)26(20-11-12-21-26)23-16-7-4-8-17-23/h22-24H,2-21H2,1H3/q+2. The zero-order valence-corrected chi connectivity index (χ0v) is 17.8. The van der Waals surface area contributed by atoms with Crippen molar-refractivity contribution >= 4 is 0 Å². The highest BCUT2D eigenvalue weighted by Crippen LogP contribution is 2.45. The molecule has 150 valence electrons. The number of nitrogens with zero attached hydrogens (tertiary/aromatic N) is 2. The maximum atomic E-state index is 2.48. The van der Waals surface area contributed by atoms with Crippen molar-refractivity contribution in [2.75, 3.05) is 26.2 Å². The van der Waals surface area contributed by atoms with Gasteiger partial charge in [-0.1, -0.05) is 19.8 Å². The van der Waals surface area contributed by atoms with E-state index in [0.717, 1.165) is 18.2 Å². The molecule has 0 bridgehead atoms. The van der Waals surface area contributed by atoms with Crippen molar-refractivity contribution < 1.29 is 8.97 Å². The first-order valence-electron chi connectivity index (χ1n) is 12.5. The summed E-state index contributed by atoms with van der Waals surface area (Å²) < 4.78 is 3.15. The summed E-state index contributed by atoms with van der Waals surface area (Å²) in [4.78, 5) is 0. The molecule has 2 saturated carbocycles. The molecule has 4 aliphatic rings. The molecule has 0 unspecified atom stereocenters. The van der Waals surface area contributed by atoms with Gasteiger partial charge in [0.15, 0.2) is 0 Å². The summed E-state index contributed by atoms with van der Waals surface area (Å²) >= 11 is 0. The Morgan fingerprint density at radius 1 is 0.577 bits per heavy atom. The molecule has 0 spiro atoms. The lowest BCUT2D eigenvalue weighted by Gasteiger charge is -2.57. The SMILES string of the molecule is CCCC([N+]1(C2CCCCC2)CCCC1)[N+]1(C2CCCCC2)CCCC1. The van der Waals surface area contributed by atoms with Crippen LogP contribution in [0.5, 0.6) is 0 Å². The molecule has 2 aliphatic carbocycles. The van der Waals surface area contributed by atoms with E-state index in [1.807, 2.05) is 0 Å². The van der Waals surface area contributed by atoms with Crippen LogP contribution in [-0.2, 0) is 0 Å². The summed E-state index contributed by atoms with van der Waals surface area (Å²) in [5, 5.41) is 0. The highest BCUT2D eigenvalue weighted by atomic mass is 15.6. The molecule has 0 aromatic heterocycles. The molecular weight excluding hydrogens is 316 g/mol. The molecule has 2 saturated heterocycles. The second kappa shape index (κ2) is 8.52. The lowest BCUT2D eigenvalue weighted by atomic mass is 9.88. The van der Waals surface area contributed by atoms with Gasteiger partial charge in [-0.05, 0) is 57.8 Å². The molecule has 0 radical (unpaired) electrons. The molecule has 0 amide bonds. The lowest BCUT2D eigenvalue weighted by molar-refractivity contribution is -1.15. The maximum absolute atomic E-state index is 2.48. The van der Waals surface area contributed by atoms with Gasteiger partial charge < -0.3 is 0 Å². The van der Waals surface area contributed by atoms with Gasteiger partial charge in [0, 0.05) is 25.7 Å². The predicted molar refractivity (Wildman–Crippen MR) is 111 cm³/mol. The van der Waals surface area contributed by atoms with Crippen molar-refractivity contribution in [2.24, 2.45) is 0 Å². The minimum Gasteiger partial charge on any atom is -0.272 e. The fraction of sp³-hybridized carbons (Fsp3) is 1.00. The molecule has 4 rings (SSSR count). The smallest absolute Gasteiger partial charge is 0.217 e. The molecule has 2 aliphatic heterocycles. The number of hydrogen-bond donors (Lipinski definition) is 0. The van der Waals surface area contributed by atoms with Gasteiger partial charge in [0.1, 0.15) is 0 Å². The average molecular weight is 363 g/mol. The molecule has 2 nitrogen and oxygen atoms in total. The Bertz CT molecular complexity index is 383. The first-order chi connectivity index (χ1) is 12.8. The van der Waals surface area contributed by atoms with Crippen LogP contribution >= 0.6 is 0 Å². The van der Waals surface area contributed by atoms with Gasteiger partial charge in [-0.15, -0.1) is 0 Å². The topological polar surface area (TPSA) is 0 Å². The zero-order chi connectivity index (χ0) is 17.9. The van der Waals surface area contributed by atoms with Crippen LogP contribution in [0.25, 0.3) is 0 Å². The number of quaternary nitrogens is 2. The lowest BCUT2D eigenvalue weighted by Crippen LogP contribution is -2.74. The van der Waals surface area contributed by atoms with Gasteiger partial charge in [-0.2, -0.15) is 0 Å². The van der Waals surface area contributed by atoms with Gasteiger partial charge in [-0.25, -0.2) is 0 Å². The Hall–Kier alpha value is -0.0800. The summed E-state index contributed by atoms with van der Waals surface area (Å²) in [6.45, 7) is 8.60. The van der Waals surface area contributed by atoms with Crippen LogP contribution in [0.3, 0.4) is 0 Å². The normalized spacial score (nSPS) is 30.2. The average Bonchev–Trinajstić information content (AvgIpc) is 3.39. The molecule has 0 aromatic carbocycles. The van der Waals surface area contributed by atoms with Crippen LogP contribution < -0.4 is 0 Å². The molecular formula is C24H46N2+2. The summed E-state index contributed by atoms with van der Waals surface area (Å²) in [6, 6.07) is 2.03. The van der Waals surface area contributed by atoms with E-state index in [0.29, 0.717) is 0 Å². The highest BCUT2D eigenvalue weighted by Gasteiger charge is 2.58. The van der Waals surface area contributed by atoms with Crippen LogP contribution in [-0.4, -0.2) is 53.4 Å². The number of hydrogen-bond acceptors (Lipinski definition) is 0. The van der Waals surface area contributed by atoms with Crippen LogP contribution in [0.4, 0.5) is 0 Å². The second-order valence-corrected chi connectivity index (χ2v) is 10.4. The Balaban J connectivity index is 1.68. The summed E-state index contributed by atoms with van der Waals surface area (Å²) in [5.74, 6) is 0. The molecule has 4 fully saturated rings. The van der Waals surface area contributed by atoms with E-state index in [4.69, 9.17) is 0 Å². The van der Waals surface area contributed by atoms with E-state index in [1.165, 1.54) is 103 Å². The highest BCUT2D eigenvalue weighted by molar-refractivity contribution is 4.77. The van der Waals surface area contributed by atoms with E-state index in [2.05, 4.69) is 6.92 Å². The van der Waals surface area contributed by atoms with E-state index in [1.54, 1.807) is 34.6 Å². The Labute approximate surface area is 163 Å². The van der Waals surface area contributed by atoms with E-state index >= 15 is 0 Å². The molecule has 2 heterocycles. The predicted octanol–water partition coefficient (Wildman–Crippen LogP) is 6.00. The van der Waals surface area contributed by atoms with Crippen LogP contribution in [0.1, 0.15) is 110 Å². The fourth-order valence-corrected chi connectivity index (χ4v) is 8.08. The van der Waals surface area contributed by atoms with E-state index in [-0.39, 0.29) is 0 Å². The fourth-order valence-electron chi connectivity index (χ4n) is 8.08. The van der Waals surface area contributed by atoms with Gasteiger partial charge in [0.05, 0.1) is 44.7 Å². The molecule has 2 heteroatoms. The number of likely N-dealkylation sites (tertiary alicyclic amines) is 2. The Kier molecular flexibility index (Phi) is 6.30.